The molecule has 2 heterocycles. The molecule has 0 saturated carbocycles. The third-order valence-electron chi connectivity index (χ3n) is 6.13. The van der Waals surface area contributed by atoms with Crippen LogP contribution in [0.3, 0.4) is 0 Å². The van der Waals surface area contributed by atoms with E-state index in [4.69, 9.17) is 23.2 Å². The first-order chi connectivity index (χ1) is 18.3. The Morgan fingerprint density at radius 1 is 0.711 bits per heavy atom. The van der Waals surface area contributed by atoms with E-state index >= 15 is 0 Å². The summed E-state index contributed by atoms with van der Waals surface area (Å²) in [6, 6.07) is 14.3. The Hall–Kier alpha value is -3.62. The molecule has 0 saturated heterocycles. The summed E-state index contributed by atoms with van der Waals surface area (Å²) >= 11 is 12.1. The van der Waals surface area contributed by atoms with Crippen LogP contribution in [-0.4, -0.2) is 45.1 Å². The van der Waals surface area contributed by atoms with Crippen molar-refractivity contribution in [1.29, 1.82) is 0 Å². The molecule has 2 aromatic heterocycles. The fourth-order valence-electron chi connectivity index (χ4n) is 4.09. The molecule has 4 rings (SSSR count). The van der Waals surface area contributed by atoms with Crippen LogP contribution in [0.4, 0.5) is 0 Å². The highest BCUT2D eigenvalue weighted by atomic mass is 35.5. The van der Waals surface area contributed by atoms with Gasteiger partial charge in [-0.1, -0.05) is 48.2 Å². The Kier molecular flexibility index (Phi) is 9.20. The summed E-state index contributed by atoms with van der Waals surface area (Å²) in [7, 11) is 0. The average Bonchev–Trinajstić information content (AvgIpc) is 3.34. The molecule has 0 atom stereocenters. The van der Waals surface area contributed by atoms with Gasteiger partial charge in [0.1, 0.15) is 0 Å². The van der Waals surface area contributed by atoms with E-state index in [0.29, 0.717) is 45.6 Å². The SMILES string of the molecule is Cc1[nH]n(-c2cccc(Cl)c2)c(=O)c1C=NCCCCCCN=Cc1c(C)[nH]n(-c2cccc(Cl)c2)c1=O. The van der Waals surface area contributed by atoms with E-state index in [-0.39, 0.29) is 11.1 Å². The molecule has 0 aliphatic carbocycles. The van der Waals surface area contributed by atoms with Gasteiger partial charge in [0.15, 0.2) is 0 Å². The maximum Gasteiger partial charge on any atom is 0.280 e. The Morgan fingerprint density at radius 2 is 1.13 bits per heavy atom. The molecule has 0 amide bonds. The molecule has 0 aliphatic rings. The zero-order chi connectivity index (χ0) is 27.1. The number of aromatic nitrogens is 4. The number of benzene rings is 2. The van der Waals surface area contributed by atoms with Crippen molar-refractivity contribution in [2.24, 2.45) is 9.98 Å². The third kappa shape index (κ3) is 6.62. The first-order valence-corrected chi connectivity index (χ1v) is 13.3. The van der Waals surface area contributed by atoms with Crippen LogP contribution < -0.4 is 11.1 Å². The van der Waals surface area contributed by atoms with Crippen LogP contribution in [0.1, 0.15) is 48.2 Å². The van der Waals surface area contributed by atoms with Crippen LogP contribution >= 0.6 is 23.2 Å². The molecule has 198 valence electrons. The van der Waals surface area contributed by atoms with Gasteiger partial charge >= 0.3 is 0 Å². The Morgan fingerprint density at radius 3 is 1.53 bits per heavy atom. The number of aromatic amines is 2. The molecule has 0 bridgehead atoms. The maximum atomic E-state index is 12.8. The maximum absolute atomic E-state index is 12.8. The molecule has 2 aromatic carbocycles. The van der Waals surface area contributed by atoms with Gasteiger partial charge in [0, 0.05) is 47.0 Å². The molecule has 0 radical (unpaired) electrons. The largest absolute Gasteiger partial charge is 0.295 e. The highest BCUT2D eigenvalue weighted by molar-refractivity contribution is 6.31. The van der Waals surface area contributed by atoms with Crippen molar-refractivity contribution < 1.29 is 0 Å². The van der Waals surface area contributed by atoms with E-state index in [0.717, 1.165) is 37.1 Å². The van der Waals surface area contributed by atoms with Crippen molar-refractivity contribution in [3.05, 3.63) is 102 Å². The van der Waals surface area contributed by atoms with Crippen LogP contribution in [0.5, 0.6) is 0 Å². The molecule has 4 aromatic rings. The second-order valence-corrected chi connectivity index (χ2v) is 9.90. The van der Waals surface area contributed by atoms with E-state index in [9.17, 15) is 9.59 Å². The number of H-pyrrole nitrogens is 2. The molecule has 10 heteroatoms. The number of nitrogens with zero attached hydrogens (tertiary/aromatic N) is 4. The van der Waals surface area contributed by atoms with Crippen molar-refractivity contribution in [3.63, 3.8) is 0 Å². The normalized spacial score (nSPS) is 11.8. The highest BCUT2D eigenvalue weighted by Gasteiger charge is 2.12. The molecule has 0 spiro atoms. The van der Waals surface area contributed by atoms with Gasteiger partial charge in [-0.05, 0) is 63.1 Å². The van der Waals surface area contributed by atoms with Crippen molar-refractivity contribution in [1.82, 2.24) is 19.6 Å². The zero-order valence-corrected chi connectivity index (χ0v) is 22.9. The average molecular weight is 553 g/mol. The minimum Gasteiger partial charge on any atom is -0.295 e. The van der Waals surface area contributed by atoms with Crippen molar-refractivity contribution in [2.75, 3.05) is 13.1 Å². The summed E-state index contributed by atoms with van der Waals surface area (Å²) in [6.45, 7) is 5.00. The number of halogens is 2. The molecular weight excluding hydrogens is 523 g/mol. The number of rotatable bonds is 11. The molecule has 0 aliphatic heterocycles. The third-order valence-corrected chi connectivity index (χ3v) is 6.60. The second-order valence-electron chi connectivity index (χ2n) is 9.03. The molecule has 2 N–H and O–H groups in total. The minimum absolute atomic E-state index is 0.150. The minimum atomic E-state index is -0.150. The van der Waals surface area contributed by atoms with Crippen LogP contribution in [0, 0.1) is 13.8 Å². The lowest BCUT2D eigenvalue weighted by molar-refractivity contribution is 0.655. The van der Waals surface area contributed by atoms with E-state index in [2.05, 4.69) is 20.2 Å². The number of aliphatic imine (C=N–C) groups is 2. The predicted molar refractivity (Wildman–Crippen MR) is 156 cm³/mol. The summed E-state index contributed by atoms with van der Waals surface area (Å²) in [4.78, 5) is 34.4. The summed E-state index contributed by atoms with van der Waals surface area (Å²) in [5.41, 5.74) is 3.69. The monoisotopic (exact) mass is 552 g/mol. The molecule has 38 heavy (non-hydrogen) atoms. The van der Waals surface area contributed by atoms with Gasteiger partial charge in [0.05, 0.1) is 22.5 Å². The molecular formula is C28H30Cl2N6O2. The van der Waals surface area contributed by atoms with Crippen molar-refractivity contribution in [3.8, 4) is 11.4 Å². The fourth-order valence-corrected chi connectivity index (χ4v) is 4.46. The van der Waals surface area contributed by atoms with Gasteiger partial charge in [0.25, 0.3) is 11.1 Å². The van der Waals surface area contributed by atoms with Gasteiger partial charge in [-0.3, -0.25) is 29.8 Å². The Labute approximate surface area is 230 Å². The molecule has 0 unspecified atom stereocenters. The predicted octanol–water partition coefficient (Wildman–Crippen LogP) is 5.67. The van der Waals surface area contributed by atoms with Gasteiger partial charge in [-0.15, -0.1) is 0 Å². The first kappa shape index (κ1) is 27.4. The molecule has 8 nitrogen and oxygen atoms in total. The van der Waals surface area contributed by atoms with E-state index < -0.39 is 0 Å². The lowest BCUT2D eigenvalue weighted by Crippen LogP contribution is -2.17. The van der Waals surface area contributed by atoms with Crippen LogP contribution in [-0.2, 0) is 0 Å². The van der Waals surface area contributed by atoms with Crippen LogP contribution in [0.25, 0.3) is 11.4 Å². The number of unbranched alkanes of at least 4 members (excludes halogenated alkanes) is 3. The smallest absolute Gasteiger partial charge is 0.280 e. The van der Waals surface area contributed by atoms with Crippen molar-refractivity contribution in [2.45, 2.75) is 39.5 Å². The van der Waals surface area contributed by atoms with Crippen LogP contribution in [0.15, 0.2) is 68.1 Å². The van der Waals surface area contributed by atoms with Crippen LogP contribution in [0.2, 0.25) is 10.0 Å². The lowest BCUT2D eigenvalue weighted by Gasteiger charge is -2.01. The number of aryl methyl sites for hydroxylation is 2. The molecule has 0 fully saturated rings. The van der Waals surface area contributed by atoms with E-state index in [1.54, 1.807) is 48.8 Å². The number of hydrogen-bond donors (Lipinski definition) is 2. The van der Waals surface area contributed by atoms with E-state index in [1.165, 1.54) is 9.36 Å². The summed E-state index contributed by atoms with van der Waals surface area (Å²) < 4.78 is 2.95. The lowest BCUT2D eigenvalue weighted by atomic mass is 10.2. The summed E-state index contributed by atoms with van der Waals surface area (Å²) in [5.74, 6) is 0. The van der Waals surface area contributed by atoms with Gasteiger partial charge in [0.2, 0.25) is 0 Å². The summed E-state index contributed by atoms with van der Waals surface area (Å²) in [5, 5.41) is 7.30. The fraction of sp³-hybridized carbons (Fsp3) is 0.286. The van der Waals surface area contributed by atoms with Gasteiger partial charge < -0.3 is 0 Å². The Bertz CT molecular complexity index is 1460. The van der Waals surface area contributed by atoms with Crippen molar-refractivity contribution >= 4 is 35.6 Å². The second kappa shape index (κ2) is 12.8. The summed E-state index contributed by atoms with van der Waals surface area (Å²) in [6.07, 6.45) is 7.16. The first-order valence-electron chi connectivity index (χ1n) is 12.5. The Balaban J connectivity index is 1.21. The zero-order valence-electron chi connectivity index (χ0n) is 21.4. The van der Waals surface area contributed by atoms with Gasteiger partial charge in [-0.25, -0.2) is 9.36 Å². The number of hydrogen-bond acceptors (Lipinski definition) is 4. The van der Waals surface area contributed by atoms with Gasteiger partial charge in [-0.2, -0.15) is 0 Å². The quantitative estimate of drug-likeness (QED) is 0.185. The highest BCUT2D eigenvalue weighted by Crippen LogP contribution is 2.15. The number of nitrogens with one attached hydrogen (secondary N) is 2. The van der Waals surface area contributed by atoms with E-state index in [1.807, 2.05) is 26.0 Å². The topological polar surface area (TPSA) is 100 Å². The standard InChI is InChI=1S/C28H30Cl2N6O2/c1-19-25(27(37)35(33-19)23-11-7-9-21(29)15-23)17-31-13-5-3-4-6-14-32-18-26-20(2)34-36(28(26)38)24-12-8-10-22(30)16-24/h7-12,15-18,33-34H,3-6,13-14H2,1-2H3.